The van der Waals surface area contributed by atoms with Gasteiger partial charge in [-0.05, 0) is 19.4 Å². The largest absolute Gasteiger partial charge is 0.394 e. The fraction of sp³-hybridized carbons (Fsp3) is 0.692. The maximum absolute atomic E-state index is 12.6. The number of carbonyl (C=O) groups is 1. The van der Waals surface area contributed by atoms with Gasteiger partial charge in [-0.15, -0.1) is 0 Å². The standard InChI is InChI=1S/C13H21N3O3/c1-3-10-7-12(16(4-2)14-10)13(18)15-5-6-19-9-11(15)8-17/h7,11,17H,3-6,8-9H2,1-2H3. The first-order valence-electron chi connectivity index (χ1n) is 6.77. The lowest BCUT2D eigenvalue weighted by molar-refractivity contribution is -0.0189. The lowest BCUT2D eigenvalue weighted by Crippen LogP contribution is -2.50. The van der Waals surface area contributed by atoms with Crippen molar-refractivity contribution in [3.05, 3.63) is 17.5 Å². The lowest BCUT2D eigenvalue weighted by atomic mass is 10.2. The highest BCUT2D eigenvalue weighted by Gasteiger charge is 2.29. The Balaban J connectivity index is 2.24. The topological polar surface area (TPSA) is 67.6 Å². The molecule has 1 atom stereocenters. The molecular formula is C13H21N3O3. The molecule has 0 aliphatic carbocycles. The second-order valence-corrected chi connectivity index (χ2v) is 4.60. The van der Waals surface area contributed by atoms with Crippen LogP contribution >= 0.6 is 0 Å². The van der Waals surface area contributed by atoms with Crippen LogP contribution in [0.2, 0.25) is 0 Å². The third-order valence-corrected chi connectivity index (χ3v) is 3.41. The monoisotopic (exact) mass is 267 g/mol. The van der Waals surface area contributed by atoms with Gasteiger partial charge in [0.15, 0.2) is 0 Å². The summed E-state index contributed by atoms with van der Waals surface area (Å²) in [5.74, 6) is -0.0728. The summed E-state index contributed by atoms with van der Waals surface area (Å²) in [6, 6.07) is 1.59. The highest BCUT2D eigenvalue weighted by atomic mass is 16.5. The number of aryl methyl sites for hydroxylation is 2. The summed E-state index contributed by atoms with van der Waals surface area (Å²) in [5, 5.41) is 13.7. The molecule has 0 aromatic carbocycles. The molecule has 0 bridgehead atoms. The Hall–Kier alpha value is -1.40. The quantitative estimate of drug-likeness (QED) is 0.852. The van der Waals surface area contributed by atoms with Crippen molar-refractivity contribution in [2.45, 2.75) is 32.9 Å². The molecule has 2 rings (SSSR count). The molecule has 0 radical (unpaired) electrons. The van der Waals surface area contributed by atoms with E-state index < -0.39 is 0 Å². The van der Waals surface area contributed by atoms with Gasteiger partial charge in [-0.25, -0.2) is 0 Å². The van der Waals surface area contributed by atoms with Gasteiger partial charge < -0.3 is 14.7 Å². The number of morpholine rings is 1. The van der Waals surface area contributed by atoms with E-state index >= 15 is 0 Å². The van der Waals surface area contributed by atoms with E-state index in [1.165, 1.54) is 0 Å². The minimum atomic E-state index is -0.258. The Bertz CT molecular complexity index is 444. The maximum atomic E-state index is 12.6. The minimum absolute atomic E-state index is 0.0728. The van der Waals surface area contributed by atoms with Gasteiger partial charge in [-0.3, -0.25) is 9.48 Å². The molecule has 1 aliphatic heterocycles. The lowest BCUT2D eigenvalue weighted by Gasteiger charge is -2.34. The van der Waals surface area contributed by atoms with E-state index in [2.05, 4.69) is 5.10 Å². The van der Waals surface area contributed by atoms with Crippen molar-refractivity contribution in [3.8, 4) is 0 Å². The van der Waals surface area contributed by atoms with Crippen LogP contribution in [0.1, 0.15) is 30.0 Å². The van der Waals surface area contributed by atoms with Crippen molar-refractivity contribution >= 4 is 5.91 Å². The van der Waals surface area contributed by atoms with Crippen LogP contribution in [0, 0.1) is 0 Å². The van der Waals surface area contributed by atoms with Gasteiger partial charge in [0, 0.05) is 13.1 Å². The number of amides is 1. The molecule has 2 heterocycles. The van der Waals surface area contributed by atoms with Crippen LogP contribution < -0.4 is 0 Å². The summed E-state index contributed by atoms with van der Waals surface area (Å²) in [4.78, 5) is 14.3. The van der Waals surface area contributed by atoms with Gasteiger partial charge in [0.05, 0.1) is 31.6 Å². The molecule has 6 heteroatoms. The number of rotatable bonds is 4. The first-order valence-corrected chi connectivity index (χ1v) is 6.77. The number of ether oxygens (including phenoxy) is 1. The Morgan fingerprint density at radius 2 is 2.37 bits per heavy atom. The molecule has 1 unspecified atom stereocenters. The van der Waals surface area contributed by atoms with Crippen LogP contribution in [-0.4, -0.2) is 58.1 Å². The van der Waals surface area contributed by atoms with Gasteiger partial charge in [0.25, 0.3) is 5.91 Å². The second kappa shape index (κ2) is 6.16. The molecule has 106 valence electrons. The van der Waals surface area contributed by atoms with Crippen LogP contribution in [-0.2, 0) is 17.7 Å². The van der Waals surface area contributed by atoms with Gasteiger partial charge in [0.2, 0.25) is 0 Å². The molecule has 6 nitrogen and oxygen atoms in total. The van der Waals surface area contributed by atoms with E-state index in [9.17, 15) is 9.90 Å². The van der Waals surface area contributed by atoms with Crippen molar-refractivity contribution < 1.29 is 14.6 Å². The summed E-state index contributed by atoms with van der Waals surface area (Å²) in [6.45, 7) is 5.99. The van der Waals surface area contributed by atoms with E-state index in [0.717, 1.165) is 12.1 Å². The summed E-state index contributed by atoms with van der Waals surface area (Å²) in [7, 11) is 0. The van der Waals surface area contributed by atoms with Crippen molar-refractivity contribution in [2.75, 3.05) is 26.4 Å². The molecule has 1 N–H and O–H groups in total. The van der Waals surface area contributed by atoms with Crippen molar-refractivity contribution in [3.63, 3.8) is 0 Å². The zero-order valence-corrected chi connectivity index (χ0v) is 11.5. The third-order valence-electron chi connectivity index (χ3n) is 3.41. The van der Waals surface area contributed by atoms with Crippen LogP contribution in [0.25, 0.3) is 0 Å². The fourth-order valence-electron chi connectivity index (χ4n) is 2.28. The summed E-state index contributed by atoms with van der Waals surface area (Å²) < 4.78 is 7.02. The van der Waals surface area contributed by atoms with Gasteiger partial charge in [-0.1, -0.05) is 6.92 Å². The highest BCUT2D eigenvalue weighted by molar-refractivity contribution is 5.93. The van der Waals surface area contributed by atoms with Gasteiger partial charge in [0.1, 0.15) is 5.69 Å². The molecule has 19 heavy (non-hydrogen) atoms. The SMILES string of the molecule is CCc1cc(C(=O)N2CCOCC2CO)n(CC)n1. The van der Waals surface area contributed by atoms with E-state index in [4.69, 9.17) is 4.74 Å². The van der Waals surface area contributed by atoms with Crippen molar-refractivity contribution in [1.82, 2.24) is 14.7 Å². The number of hydrogen-bond donors (Lipinski definition) is 1. The number of nitrogens with zero attached hydrogens (tertiary/aromatic N) is 3. The van der Waals surface area contributed by atoms with E-state index in [1.807, 2.05) is 19.9 Å². The smallest absolute Gasteiger partial charge is 0.272 e. The summed E-state index contributed by atoms with van der Waals surface area (Å²) in [6.07, 6.45) is 0.805. The molecule has 1 amide bonds. The van der Waals surface area contributed by atoms with Gasteiger partial charge >= 0.3 is 0 Å². The maximum Gasteiger partial charge on any atom is 0.272 e. The molecule has 1 aromatic rings. The van der Waals surface area contributed by atoms with Crippen LogP contribution in [0.15, 0.2) is 6.07 Å². The molecule has 0 saturated carbocycles. The number of aliphatic hydroxyl groups excluding tert-OH is 1. The predicted molar refractivity (Wildman–Crippen MR) is 70.0 cm³/mol. The first-order chi connectivity index (χ1) is 9.21. The first kappa shape index (κ1) is 14.0. The van der Waals surface area contributed by atoms with Crippen molar-refractivity contribution in [1.29, 1.82) is 0 Å². The second-order valence-electron chi connectivity index (χ2n) is 4.60. The fourth-order valence-corrected chi connectivity index (χ4v) is 2.28. The average Bonchev–Trinajstić information content (AvgIpc) is 2.89. The van der Waals surface area contributed by atoms with Gasteiger partial charge in [-0.2, -0.15) is 5.10 Å². The number of hydrogen-bond acceptors (Lipinski definition) is 4. The summed E-state index contributed by atoms with van der Waals surface area (Å²) >= 11 is 0. The molecule has 1 aromatic heterocycles. The predicted octanol–water partition coefficient (Wildman–Crippen LogP) is 0.299. The zero-order valence-electron chi connectivity index (χ0n) is 11.5. The van der Waals surface area contributed by atoms with Crippen LogP contribution in [0.3, 0.4) is 0 Å². The minimum Gasteiger partial charge on any atom is -0.394 e. The Kier molecular flexibility index (Phi) is 4.55. The number of aliphatic hydroxyl groups is 1. The van der Waals surface area contributed by atoms with Crippen LogP contribution in [0.4, 0.5) is 0 Å². The normalized spacial score (nSPS) is 19.7. The summed E-state index contributed by atoms with van der Waals surface area (Å²) in [5.41, 5.74) is 1.51. The Morgan fingerprint density at radius 3 is 3.00 bits per heavy atom. The highest BCUT2D eigenvalue weighted by Crippen LogP contribution is 2.14. The molecule has 1 fully saturated rings. The third kappa shape index (κ3) is 2.79. The Labute approximate surface area is 113 Å². The van der Waals surface area contributed by atoms with Crippen LogP contribution in [0.5, 0.6) is 0 Å². The van der Waals surface area contributed by atoms with Crippen molar-refractivity contribution in [2.24, 2.45) is 0 Å². The van der Waals surface area contributed by atoms with E-state index in [1.54, 1.807) is 9.58 Å². The zero-order chi connectivity index (χ0) is 13.8. The molecule has 1 saturated heterocycles. The number of aromatic nitrogens is 2. The molecular weight excluding hydrogens is 246 g/mol. The number of carbonyl (C=O) groups excluding carboxylic acids is 1. The van der Waals surface area contributed by atoms with E-state index in [0.29, 0.717) is 32.0 Å². The average molecular weight is 267 g/mol. The molecule has 1 aliphatic rings. The van der Waals surface area contributed by atoms with E-state index in [-0.39, 0.29) is 18.6 Å². The Morgan fingerprint density at radius 1 is 1.58 bits per heavy atom. The molecule has 0 spiro atoms.